The molecule has 0 aliphatic rings. The van der Waals surface area contributed by atoms with Crippen LogP contribution in [0.25, 0.3) is 0 Å². The second-order valence-corrected chi connectivity index (χ2v) is 5.04. The van der Waals surface area contributed by atoms with Gasteiger partial charge in [-0.15, -0.1) is 0 Å². The van der Waals surface area contributed by atoms with Gasteiger partial charge in [-0.3, -0.25) is 0 Å². The van der Waals surface area contributed by atoms with Gasteiger partial charge in [0, 0.05) is 24.2 Å². The molecular weight excluding hydrogens is 255 g/mol. The minimum Gasteiger partial charge on any atom is -0.338 e. The quantitative estimate of drug-likeness (QED) is 0.896. The van der Waals surface area contributed by atoms with E-state index >= 15 is 0 Å². The van der Waals surface area contributed by atoms with Crippen molar-refractivity contribution in [2.24, 2.45) is 5.92 Å². The molecule has 3 nitrogen and oxygen atoms in total. The van der Waals surface area contributed by atoms with Crippen LogP contribution in [0.2, 0.25) is 5.02 Å². The van der Waals surface area contributed by atoms with Gasteiger partial charge in [0.05, 0.1) is 6.54 Å². The van der Waals surface area contributed by atoms with Crippen molar-refractivity contribution < 1.29 is 9.18 Å². The van der Waals surface area contributed by atoms with Gasteiger partial charge in [-0.05, 0) is 18.1 Å². The molecule has 2 amide bonds. The number of carbonyl (C=O) groups is 1. The molecule has 0 bridgehead atoms. The topological polar surface area (TPSA) is 32.3 Å². The Labute approximate surface area is 112 Å². The molecule has 0 aromatic heterocycles. The maximum Gasteiger partial charge on any atom is 0.317 e. The summed E-state index contributed by atoms with van der Waals surface area (Å²) in [4.78, 5) is 13.1. The molecule has 1 aromatic rings. The second kappa shape index (κ2) is 6.59. The van der Waals surface area contributed by atoms with E-state index in [-0.39, 0.29) is 12.6 Å². The minimum atomic E-state index is -0.397. The summed E-state index contributed by atoms with van der Waals surface area (Å²) in [5.74, 6) is -0.0228. The Hall–Kier alpha value is -1.29. The summed E-state index contributed by atoms with van der Waals surface area (Å²) in [7, 11) is 1.61. The molecule has 18 heavy (non-hydrogen) atoms. The normalized spacial score (nSPS) is 10.6. The Morgan fingerprint density at radius 3 is 2.72 bits per heavy atom. The SMILES string of the molecule is CC(C)CNC(=O)N(C)Cc1c(F)cccc1Cl. The van der Waals surface area contributed by atoms with Crippen LogP contribution in [0.5, 0.6) is 0 Å². The Morgan fingerprint density at radius 2 is 2.17 bits per heavy atom. The average Bonchev–Trinajstić information content (AvgIpc) is 2.30. The summed E-state index contributed by atoms with van der Waals surface area (Å²) in [5.41, 5.74) is 0.335. The maximum atomic E-state index is 13.5. The minimum absolute atomic E-state index is 0.148. The van der Waals surface area contributed by atoms with E-state index in [1.165, 1.54) is 11.0 Å². The van der Waals surface area contributed by atoms with E-state index in [1.54, 1.807) is 19.2 Å². The van der Waals surface area contributed by atoms with Gasteiger partial charge in [0.15, 0.2) is 0 Å². The Kier molecular flexibility index (Phi) is 5.41. The van der Waals surface area contributed by atoms with Crippen LogP contribution < -0.4 is 5.32 Å². The van der Waals surface area contributed by atoms with Crippen molar-refractivity contribution in [2.45, 2.75) is 20.4 Å². The monoisotopic (exact) mass is 272 g/mol. The number of urea groups is 1. The lowest BCUT2D eigenvalue weighted by molar-refractivity contribution is 0.205. The van der Waals surface area contributed by atoms with Crippen LogP contribution in [0, 0.1) is 11.7 Å². The van der Waals surface area contributed by atoms with Gasteiger partial charge in [-0.25, -0.2) is 9.18 Å². The number of nitrogens with zero attached hydrogens (tertiary/aromatic N) is 1. The summed E-state index contributed by atoms with van der Waals surface area (Å²) in [5, 5.41) is 3.09. The van der Waals surface area contributed by atoms with Crippen LogP contribution in [-0.4, -0.2) is 24.5 Å². The number of nitrogens with one attached hydrogen (secondary N) is 1. The molecule has 0 radical (unpaired) electrons. The van der Waals surface area contributed by atoms with Gasteiger partial charge in [0.1, 0.15) is 5.82 Å². The Morgan fingerprint density at radius 1 is 1.50 bits per heavy atom. The number of carbonyl (C=O) groups excluding carboxylic acids is 1. The maximum absolute atomic E-state index is 13.5. The van der Waals surface area contributed by atoms with Crippen LogP contribution in [0.3, 0.4) is 0 Å². The van der Waals surface area contributed by atoms with Crippen molar-refractivity contribution in [2.75, 3.05) is 13.6 Å². The van der Waals surface area contributed by atoms with Gasteiger partial charge < -0.3 is 10.2 Å². The molecule has 5 heteroatoms. The summed E-state index contributed by atoms with van der Waals surface area (Å²) in [6.45, 7) is 4.76. The number of hydrogen-bond donors (Lipinski definition) is 1. The molecule has 1 rings (SSSR count). The zero-order chi connectivity index (χ0) is 13.7. The first-order valence-electron chi connectivity index (χ1n) is 5.83. The zero-order valence-corrected chi connectivity index (χ0v) is 11.6. The van der Waals surface area contributed by atoms with E-state index < -0.39 is 5.82 Å². The fraction of sp³-hybridized carbons (Fsp3) is 0.462. The molecule has 100 valence electrons. The molecule has 0 spiro atoms. The lowest BCUT2D eigenvalue weighted by atomic mass is 10.2. The van der Waals surface area contributed by atoms with Gasteiger partial charge >= 0.3 is 6.03 Å². The molecule has 0 aliphatic heterocycles. The fourth-order valence-electron chi connectivity index (χ4n) is 1.42. The highest BCUT2D eigenvalue weighted by atomic mass is 35.5. The molecule has 0 fully saturated rings. The van der Waals surface area contributed by atoms with E-state index in [9.17, 15) is 9.18 Å². The molecular formula is C13H18ClFN2O. The average molecular weight is 273 g/mol. The third-order valence-corrected chi connectivity index (χ3v) is 2.82. The highest BCUT2D eigenvalue weighted by molar-refractivity contribution is 6.31. The van der Waals surface area contributed by atoms with Crippen molar-refractivity contribution in [3.8, 4) is 0 Å². The van der Waals surface area contributed by atoms with E-state index in [2.05, 4.69) is 5.32 Å². The number of rotatable bonds is 4. The number of benzene rings is 1. The summed E-state index contributed by atoms with van der Waals surface area (Å²) >= 11 is 5.91. The summed E-state index contributed by atoms with van der Waals surface area (Å²) in [6, 6.07) is 4.25. The highest BCUT2D eigenvalue weighted by Gasteiger charge is 2.13. The standard InChI is InChI=1S/C13H18ClFN2O/c1-9(2)7-16-13(18)17(3)8-10-11(14)5-4-6-12(10)15/h4-6,9H,7-8H2,1-3H3,(H,16,18). The molecule has 0 aliphatic carbocycles. The molecule has 0 saturated carbocycles. The second-order valence-electron chi connectivity index (χ2n) is 4.64. The molecule has 0 atom stereocenters. The number of amides is 2. The first-order valence-corrected chi connectivity index (χ1v) is 6.21. The van der Waals surface area contributed by atoms with Gasteiger partial charge in [0.25, 0.3) is 0 Å². The molecule has 1 aromatic carbocycles. The number of halogens is 2. The van der Waals surface area contributed by atoms with Crippen molar-refractivity contribution >= 4 is 17.6 Å². The third kappa shape index (κ3) is 4.18. The first kappa shape index (κ1) is 14.8. The first-order chi connectivity index (χ1) is 8.41. The van der Waals surface area contributed by atoms with Crippen LogP contribution in [0.4, 0.5) is 9.18 Å². The van der Waals surface area contributed by atoms with Crippen molar-refractivity contribution in [3.63, 3.8) is 0 Å². The van der Waals surface area contributed by atoms with E-state index in [1.807, 2.05) is 13.8 Å². The van der Waals surface area contributed by atoms with Gasteiger partial charge in [0.2, 0.25) is 0 Å². The van der Waals surface area contributed by atoms with Crippen molar-refractivity contribution in [1.82, 2.24) is 10.2 Å². The Balaban J connectivity index is 2.64. The van der Waals surface area contributed by atoms with E-state index in [0.29, 0.717) is 23.0 Å². The van der Waals surface area contributed by atoms with E-state index in [4.69, 9.17) is 11.6 Å². The lowest BCUT2D eigenvalue weighted by Crippen LogP contribution is -2.38. The largest absolute Gasteiger partial charge is 0.338 e. The number of hydrogen-bond acceptors (Lipinski definition) is 1. The Bertz CT molecular complexity index is 403. The van der Waals surface area contributed by atoms with Crippen LogP contribution in [-0.2, 0) is 6.54 Å². The van der Waals surface area contributed by atoms with Gasteiger partial charge in [-0.1, -0.05) is 31.5 Å². The predicted molar refractivity (Wildman–Crippen MR) is 71.1 cm³/mol. The molecule has 1 N–H and O–H groups in total. The lowest BCUT2D eigenvalue weighted by Gasteiger charge is -2.19. The molecule has 0 unspecified atom stereocenters. The molecule has 0 heterocycles. The summed E-state index contributed by atoms with van der Waals surface area (Å²) < 4.78 is 13.5. The van der Waals surface area contributed by atoms with Crippen molar-refractivity contribution in [3.05, 3.63) is 34.6 Å². The summed E-state index contributed by atoms with van der Waals surface area (Å²) in [6.07, 6.45) is 0. The van der Waals surface area contributed by atoms with Crippen LogP contribution in [0.1, 0.15) is 19.4 Å². The zero-order valence-electron chi connectivity index (χ0n) is 10.8. The third-order valence-electron chi connectivity index (χ3n) is 2.47. The van der Waals surface area contributed by atoms with Crippen LogP contribution in [0.15, 0.2) is 18.2 Å². The van der Waals surface area contributed by atoms with Crippen molar-refractivity contribution in [1.29, 1.82) is 0 Å². The van der Waals surface area contributed by atoms with Crippen LogP contribution >= 0.6 is 11.6 Å². The highest BCUT2D eigenvalue weighted by Crippen LogP contribution is 2.20. The van der Waals surface area contributed by atoms with E-state index in [0.717, 1.165) is 0 Å². The predicted octanol–water partition coefficient (Wildman–Crippen LogP) is 3.28. The fourth-order valence-corrected chi connectivity index (χ4v) is 1.64. The van der Waals surface area contributed by atoms with Gasteiger partial charge in [-0.2, -0.15) is 0 Å². The smallest absolute Gasteiger partial charge is 0.317 e. The molecule has 0 saturated heterocycles.